The average Bonchev–Trinajstić information content (AvgIpc) is 2.56. The molecule has 2 fully saturated rings. The molecule has 1 aromatic rings. The zero-order valence-corrected chi connectivity index (χ0v) is 16.4. The predicted octanol–water partition coefficient (Wildman–Crippen LogP) is 3.59. The molecule has 0 bridgehead atoms. The molecule has 0 saturated carbocycles. The first kappa shape index (κ1) is 19.0. The van der Waals surface area contributed by atoms with E-state index in [1.165, 1.54) is 29.4 Å². The van der Waals surface area contributed by atoms with Gasteiger partial charge in [0.05, 0.1) is 13.0 Å². The third kappa shape index (κ3) is 3.81. The molecular weight excluding hydrogens is 323 g/mol. The molecule has 26 heavy (non-hydrogen) atoms. The monoisotopic (exact) mass is 352 g/mol. The fourth-order valence-corrected chi connectivity index (χ4v) is 4.61. The second-order valence-corrected chi connectivity index (χ2v) is 8.26. The third-order valence-corrected chi connectivity index (χ3v) is 6.39. The van der Waals surface area contributed by atoms with Crippen molar-refractivity contribution in [2.75, 3.05) is 20.2 Å². The summed E-state index contributed by atoms with van der Waals surface area (Å²) in [4.78, 5) is 14.3. The number of hydrogen-bond donors (Lipinski definition) is 0. The van der Waals surface area contributed by atoms with Crippen LogP contribution < -0.4 is 0 Å². The van der Waals surface area contributed by atoms with Crippen molar-refractivity contribution in [1.29, 1.82) is 5.26 Å². The first-order valence-electron chi connectivity index (χ1n) is 9.72. The molecule has 0 amide bonds. The number of rotatable bonds is 4. The molecule has 2 unspecified atom stereocenters. The minimum atomic E-state index is -0.0648. The standard InChI is InChI=1S/C21H29BN2O2/c1-14-7-17(18-9-22(10-18)13-23)8-15(2)20(14)12-24-6-5-19(16(3)11-24)21(25)26-4/h7-8,16,18-19H,5-6,9-12H2,1-4H3. The Morgan fingerprint density at radius 1 is 1.35 bits per heavy atom. The summed E-state index contributed by atoms with van der Waals surface area (Å²) in [7, 11) is 1.48. The maximum absolute atomic E-state index is 11.9. The fraction of sp³-hybridized carbons (Fsp3) is 0.619. The summed E-state index contributed by atoms with van der Waals surface area (Å²) in [6, 6.07) is 4.65. The lowest BCUT2D eigenvalue weighted by Crippen LogP contribution is -2.42. The van der Waals surface area contributed by atoms with Gasteiger partial charge in [-0.15, -0.1) is 0 Å². The molecule has 138 valence electrons. The van der Waals surface area contributed by atoms with E-state index in [2.05, 4.69) is 43.8 Å². The molecule has 2 atom stereocenters. The first-order chi connectivity index (χ1) is 12.4. The Morgan fingerprint density at radius 3 is 2.54 bits per heavy atom. The molecule has 5 heteroatoms. The van der Waals surface area contributed by atoms with E-state index in [0.29, 0.717) is 11.8 Å². The van der Waals surface area contributed by atoms with E-state index >= 15 is 0 Å². The predicted molar refractivity (Wildman–Crippen MR) is 104 cm³/mol. The van der Waals surface area contributed by atoms with Crippen LogP contribution in [0.25, 0.3) is 0 Å². The van der Waals surface area contributed by atoms with Gasteiger partial charge in [-0.1, -0.05) is 31.7 Å². The number of nitrogens with zero attached hydrogens (tertiary/aromatic N) is 2. The van der Waals surface area contributed by atoms with Crippen molar-refractivity contribution in [3.63, 3.8) is 0 Å². The normalized spacial score (nSPS) is 24.0. The van der Waals surface area contributed by atoms with Gasteiger partial charge in [0.2, 0.25) is 0 Å². The van der Waals surface area contributed by atoms with Gasteiger partial charge < -0.3 is 4.74 Å². The smallest absolute Gasteiger partial charge is 0.309 e. The number of carbonyl (C=O) groups is 1. The Labute approximate surface area is 157 Å². The quantitative estimate of drug-likeness (QED) is 0.614. The number of piperidine rings is 1. The molecular formula is C21H29BN2O2. The van der Waals surface area contributed by atoms with Gasteiger partial charge in [-0.3, -0.25) is 9.69 Å². The Kier molecular flexibility index (Phi) is 5.72. The van der Waals surface area contributed by atoms with Gasteiger partial charge in [0.15, 0.2) is 0 Å². The zero-order valence-electron chi connectivity index (χ0n) is 16.4. The zero-order chi connectivity index (χ0) is 18.8. The number of esters is 1. The molecule has 2 heterocycles. The minimum Gasteiger partial charge on any atom is -0.469 e. The van der Waals surface area contributed by atoms with Crippen molar-refractivity contribution >= 4 is 12.7 Å². The summed E-state index contributed by atoms with van der Waals surface area (Å²) in [5.41, 5.74) is 5.51. The van der Waals surface area contributed by atoms with Crippen LogP contribution in [0.2, 0.25) is 12.6 Å². The lowest BCUT2D eigenvalue weighted by atomic mass is 9.32. The maximum atomic E-state index is 11.9. The van der Waals surface area contributed by atoms with Crippen LogP contribution >= 0.6 is 0 Å². The number of hydrogen-bond acceptors (Lipinski definition) is 4. The summed E-state index contributed by atoms with van der Waals surface area (Å²) < 4.78 is 4.94. The topological polar surface area (TPSA) is 53.3 Å². The molecule has 0 N–H and O–H groups in total. The highest BCUT2D eigenvalue weighted by Gasteiger charge is 2.35. The van der Waals surface area contributed by atoms with Crippen LogP contribution in [0, 0.1) is 36.9 Å². The van der Waals surface area contributed by atoms with E-state index in [0.717, 1.165) is 38.7 Å². The summed E-state index contributed by atoms with van der Waals surface area (Å²) in [6.07, 6.45) is 2.89. The molecule has 0 aromatic heterocycles. The van der Waals surface area contributed by atoms with E-state index in [4.69, 9.17) is 10.00 Å². The number of aryl methyl sites for hydroxylation is 2. The Bertz CT molecular complexity index is 698. The van der Waals surface area contributed by atoms with Crippen molar-refractivity contribution in [3.8, 4) is 5.97 Å². The van der Waals surface area contributed by atoms with Crippen LogP contribution in [0.4, 0.5) is 0 Å². The van der Waals surface area contributed by atoms with E-state index in [-0.39, 0.29) is 18.6 Å². The third-order valence-electron chi connectivity index (χ3n) is 6.39. The molecule has 1 aromatic carbocycles. The Balaban J connectivity index is 1.65. The van der Waals surface area contributed by atoms with Gasteiger partial charge >= 0.3 is 5.97 Å². The number of benzene rings is 1. The van der Waals surface area contributed by atoms with Crippen LogP contribution in [0.15, 0.2) is 12.1 Å². The van der Waals surface area contributed by atoms with Crippen LogP contribution in [-0.4, -0.2) is 37.8 Å². The highest BCUT2D eigenvalue weighted by Crippen LogP contribution is 2.39. The highest BCUT2D eigenvalue weighted by atomic mass is 16.5. The van der Waals surface area contributed by atoms with Gasteiger partial charge in [-0.05, 0) is 60.9 Å². The lowest BCUT2D eigenvalue weighted by molar-refractivity contribution is -0.149. The van der Waals surface area contributed by atoms with E-state index in [9.17, 15) is 4.79 Å². The number of methoxy groups -OCH3 is 1. The van der Waals surface area contributed by atoms with Crippen molar-refractivity contribution in [3.05, 3.63) is 34.4 Å². The fourth-order valence-electron chi connectivity index (χ4n) is 4.61. The number of carbonyl (C=O) groups excluding carboxylic acids is 1. The van der Waals surface area contributed by atoms with Crippen LogP contribution in [-0.2, 0) is 16.1 Å². The molecule has 4 nitrogen and oxygen atoms in total. The SMILES string of the molecule is COC(=O)C1CCN(Cc2c(C)cc(C3CB(C#N)C3)cc2C)CC1C. The molecule has 0 aliphatic carbocycles. The molecule has 0 spiro atoms. The van der Waals surface area contributed by atoms with Crippen LogP contribution in [0.3, 0.4) is 0 Å². The largest absolute Gasteiger partial charge is 0.469 e. The molecule has 2 aliphatic heterocycles. The molecule has 2 aliphatic rings. The molecule has 0 radical (unpaired) electrons. The summed E-state index contributed by atoms with van der Waals surface area (Å²) in [6.45, 7) is 9.64. The van der Waals surface area contributed by atoms with Crippen molar-refractivity contribution < 1.29 is 9.53 Å². The second kappa shape index (κ2) is 7.84. The van der Waals surface area contributed by atoms with Gasteiger partial charge in [0, 0.05) is 19.1 Å². The molecule has 3 rings (SSSR count). The summed E-state index contributed by atoms with van der Waals surface area (Å²) in [5.74, 6) is 3.23. The van der Waals surface area contributed by atoms with Gasteiger partial charge in [-0.25, -0.2) is 5.26 Å². The maximum Gasteiger partial charge on any atom is 0.309 e. The van der Waals surface area contributed by atoms with E-state index in [1.807, 2.05) is 0 Å². The second-order valence-electron chi connectivity index (χ2n) is 8.26. The number of likely N-dealkylation sites (tertiary alicyclic amines) is 1. The van der Waals surface area contributed by atoms with E-state index in [1.54, 1.807) is 0 Å². The summed E-state index contributed by atoms with van der Waals surface area (Å²) >= 11 is 0. The van der Waals surface area contributed by atoms with Gasteiger partial charge in [0.25, 0.3) is 6.71 Å². The Morgan fingerprint density at radius 2 is 2.00 bits per heavy atom. The van der Waals surface area contributed by atoms with Crippen molar-refractivity contribution in [1.82, 2.24) is 4.90 Å². The van der Waals surface area contributed by atoms with Gasteiger partial charge in [0.1, 0.15) is 0 Å². The van der Waals surface area contributed by atoms with Crippen molar-refractivity contribution in [2.24, 2.45) is 11.8 Å². The lowest BCUT2D eigenvalue weighted by Gasteiger charge is -2.36. The number of ether oxygens (including phenoxy) is 1. The minimum absolute atomic E-state index is 0.0347. The molecule has 2 saturated heterocycles. The highest BCUT2D eigenvalue weighted by molar-refractivity contribution is 6.70. The van der Waals surface area contributed by atoms with Crippen LogP contribution in [0.1, 0.15) is 41.5 Å². The average molecular weight is 352 g/mol. The van der Waals surface area contributed by atoms with Crippen molar-refractivity contribution in [2.45, 2.75) is 52.3 Å². The Hall–Kier alpha value is -1.80. The van der Waals surface area contributed by atoms with Gasteiger partial charge in [-0.2, -0.15) is 0 Å². The van der Waals surface area contributed by atoms with E-state index < -0.39 is 0 Å². The summed E-state index contributed by atoms with van der Waals surface area (Å²) in [5, 5.41) is 8.99. The van der Waals surface area contributed by atoms with Crippen LogP contribution in [0.5, 0.6) is 0 Å². The first-order valence-corrected chi connectivity index (χ1v) is 9.72. The number of nitriles is 1.